The van der Waals surface area contributed by atoms with Gasteiger partial charge in [-0.15, -0.1) is 11.3 Å². The summed E-state index contributed by atoms with van der Waals surface area (Å²) in [4.78, 5) is 10.9. The zero-order valence-corrected chi connectivity index (χ0v) is 18.1. The standard InChI is InChI=1S/C22H16ClF5O3S/c1-11-19(22(26,27)28)15(21(32-11)13-3-5-14(23)6-4-13)10-31-20-16(24)8-12(9-17(20)25)2-7-18(29)30/h3-6,8-9H,2,7,10H2,1H3,(H,29,30). The molecule has 0 aliphatic carbocycles. The van der Waals surface area contributed by atoms with Crippen LogP contribution in [0.2, 0.25) is 5.02 Å². The van der Waals surface area contributed by atoms with Crippen LogP contribution < -0.4 is 4.74 Å². The van der Waals surface area contributed by atoms with Crippen LogP contribution in [0.1, 0.15) is 28.0 Å². The Balaban J connectivity index is 1.96. The molecule has 0 radical (unpaired) electrons. The molecule has 0 bridgehead atoms. The number of aryl methyl sites for hydroxylation is 2. The number of thiophene rings is 1. The molecule has 0 fully saturated rings. The lowest BCUT2D eigenvalue weighted by molar-refractivity contribution is -0.139. The van der Waals surface area contributed by atoms with Crippen molar-refractivity contribution in [2.45, 2.75) is 32.5 Å². The van der Waals surface area contributed by atoms with Crippen molar-refractivity contribution in [3.63, 3.8) is 0 Å². The molecule has 0 aliphatic rings. The van der Waals surface area contributed by atoms with Crippen molar-refractivity contribution in [2.24, 2.45) is 0 Å². The number of carboxylic acids is 1. The summed E-state index contributed by atoms with van der Waals surface area (Å²) in [5.41, 5.74) is -0.594. The van der Waals surface area contributed by atoms with E-state index in [0.29, 0.717) is 10.6 Å². The Bertz CT molecular complexity index is 1120. The van der Waals surface area contributed by atoms with E-state index in [9.17, 15) is 26.7 Å². The third kappa shape index (κ3) is 5.39. The SMILES string of the molecule is Cc1sc(-c2ccc(Cl)cc2)c(COc2c(F)cc(CCC(=O)O)cc2F)c1C(F)(F)F. The second kappa shape index (κ2) is 9.46. The fourth-order valence-electron chi connectivity index (χ4n) is 3.22. The highest BCUT2D eigenvalue weighted by molar-refractivity contribution is 7.15. The van der Waals surface area contributed by atoms with Gasteiger partial charge in [-0.3, -0.25) is 4.79 Å². The average molecular weight is 491 g/mol. The first-order valence-corrected chi connectivity index (χ1v) is 10.4. The quantitative estimate of drug-likeness (QED) is 0.354. The van der Waals surface area contributed by atoms with Gasteiger partial charge in [0.05, 0.1) is 5.56 Å². The van der Waals surface area contributed by atoms with Gasteiger partial charge in [-0.2, -0.15) is 13.2 Å². The van der Waals surface area contributed by atoms with Crippen LogP contribution in [0.5, 0.6) is 5.75 Å². The molecule has 170 valence electrons. The van der Waals surface area contributed by atoms with Crippen LogP contribution in [0.15, 0.2) is 36.4 Å². The predicted octanol–water partition coefficient (Wildman–Crippen LogP) is 7.27. The highest BCUT2D eigenvalue weighted by Crippen LogP contribution is 2.45. The molecule has 1 N–H and O–H groups in total. The molecule has 3 aromatic rings. The first-order valence-electron chi connectivity index (χ1n) is 9.25. The number of hydrogen-bond acceptors (Lipinski definition) is 3. The lowest BCUT2D eigenvalue weighted by Crippen LogP contribution is -2.11. The van der Waals surface area contributed by atoms with E-state index in [1.165, 1.54) is 19.1 Å². The number of ether oxygens (including phenoxy) is 1. The monoisotopic (exact) mass is 490 g/mol. The zero-order valence-electron chi connectivity index (χ0n) is 16.5. The van der Waals surface area contributed by atoms with Crippen LogP contribution in [0.25, 0.3) is 10.4 Å². The van der Waals surface area contributed by atoms with Crippen LogP contribution in [0.3, 0.4) is 0 Å². The third-order valence-corrected chi connectivity index (χ3v) is 6.07. The maximum atomic E-state index is 14.4. The number of benzene rings is 2. The fraction of sp³-hybridized carbons (Fsp3) is 0.227. The summed E-state index contributed by atoms with van der Waals surface area (Å²) in [6, 6.07) is 7.97. The van der Waals surface area contributed by atoms with E-state index in [4.69, 9.17) is 21.4 Å². The minimum Gasteiger partial charge on any atom is -0.483 e. The van der Waals surface area contributed by atoms with Crippen molar-refractivity contribution in [3.8, 4) is 16.2 Å². The maximum Gasteiger partial charge on any atom is 0.417 e. The van der Waals surface area contributed by atoms with Crippen molar-refractivity contribution in [1.82, 2.24) is 0 Å². The van der Waals surface area contributed by atoms with Crippen LogP contribution >= 0.6 is 22.9 Å². The van der Waals surface area contributed by atoms with E-state index in [1.54, 1.807) is 12.1 Å². The summed E-state index contributed by atoms with van der Waals surface area (Å²) >= 11 is 6.76. The van der Waals surface area contributed by atoms with Gasteiger partial charge in [-0.1, -0.05) is 23.7 Å². The Morgan fingerprint density at radius 2 is 1.72 bits per heavy atom. The van der Waals surface area contributed by atoms with Gasteiger partial charge in [0, 0.05) is 26.8 Å². The molecule has 2 aromatic carbocycles. The minimum absolute atomic E-state index is 0.00832. The number of carbonyl (C=O) groups is 1. The van der Waals surface area contributed by atoms with Crippen molar-refractivity contribution < 1.29 is 36.6 Å². The molecule has 0 amide bonds. The number of alkyl halides is 3. The molecule has 0 aliphatic heterocycles. The van der Waals surface area contributed by atoms with E-state index in [2.05, 4.69) is 0 Å². The Hall–Kier alpha value is -2.65. The lowest BCUT2D eigenvalue weighted by Gasteiger charge is -2.14. The van der Waals surface area contributed by atoms with Crippen molar-refractivity contribution in [3.05, 3.63) is 74.6 Å². The molecule has 0 saturated carbocycles. The van der Waals surface area contributed by atoms with E-state index in [-0.39, 0.29) is 33.7 Å². The van der Waals surface area contributed by atoms with Crippen molar-refractivity contribution in [2.75, 3.05) is 0 Å². The van der Waals surface area contributed by atoms with Crippen LogP contribution in [0.4, 0.5) is 22.0 Å². The van der Waals surface area contributed by atoms with Gasteiger partial charge in [-0.25, -0.2) is 8.78 Å². The predicted molar refractivity (Wildman–Crippen MR) is 111 cm³/mol. The summed E-state index contributed by atoms with van der Waals surface area (Å²) in [6.45, 7) is 0.592. The summed E-state index contributed by atoms with van der Waals surface area (Å²) in [5, 5.41) is 9.10. The highest BCUT2D eigenvalue weighted by Gasteiger charge is 2.38. The number of rotatable bonds is 7. The summed E-state index contributed by atoms with van der Waals surface area (Å²) in [5.74, 6) is -4.21. The van der Waals surface area contributed by atoms with Gasteiger partial charge in [0.15, 0.2) is 17.4 Å². The Labute approximate surface area is 189 Å². The topological polar surface area (TPSA) is 46.5 Å². The van der Waals surface area contributed by atoms with Gasteiger partial charge in [-0.05, 0) is 48.7 Å². The number of aliphatic carboxylic acids is 1. The van der Waals surface area contributed by atoms with Crippen molar-refractivity contribution >= 4 is 28.9 Å². The van der Waals surface area contributed by atoms with Crippen LogP contribution in [-0.4, -0.2) is 11.1 Å². The summed E-state index contributed by atoms with van der Waals surface area (Å²) < 4.78 is 75.2. The van der Waals surface area contributed by atoms with Crippen LogP contribution in [-0.2, 0) is 24.0 Å². The molecule has 1 aromatic heterocycles. The van der Waals surface area contributed by atoms with Gasteiger partial charge >= 0.3 is 12.1 Å². The smallest absolute Gasteiger partial charge is 0.417 e. The maximum absolute atomic E-state index is 14.4. The molecule has 0 atom stereocenters. The number of carboxylic acid groups (broad SMARTS) is 1. The summed E-state index contributed by atoms with van der Waals surface area (Å²) in [6.07, 6.45) is -5.12. The fourth-order valence-corrected chi connectivity index (χ4v) is 4.54. The Morgan fingerprint density at radius 1 is 1.12 bits per heavy atom. The molecule has 0 saturated heterocycles. The molecule has 0 spiro atoms. The van der Waals surface area contributed by atoms with E-state index in [1.807, 2.05) is 0 Å². The average Bonchev–Trinajstić information content (AvgIpc) is 3.02. The molecular weight excluding hydrogens is 475 g/mol. The number of hydrogen-bond donors (Lipinski definition) is 1. The second-order valence-electron chi connectivity index (χ2n) is 6.92. The first kappa shape index (κ1) is 24.0. The van der Waals surface area contributed by atoms with Crippen LogP contribution in [0, 0.1) is 18.6 Å². The molecule has 1 heterocycles. The van der Waals surface area contributed by atoms with Gasteiger partial charge < -0.3 is 9.84 Å². The van der Waals surface area contributed by atoms with Gasteiger partial charge in [0.1, 0.15) is 6.61 Å². The van der Waals surface area contributed by atoms with Gasteiger partial charge in [0.2, 0.25) is 0 Å². The minimum atomic E-state index is -4.69. The summed E-state index contributed by atoms with van der Waals surface area (Å²) in [7, 11) is 0. The van der Waals surface area contributed by atoms with E-state index in [0.717, 1.165) is 23.5 Å². The molecule has 10 heteroatoms. The second-order valence-corrected chi connectivity index (χ2v) is 8.58. The Kier molecular flexibility index (Phi) is 7.09. The number of halogens is 6. The zero-order chi connectivity index (χ0) is 23.6. The molecule has 3 rings (SSSR count). The largest absolute Gasteiger partial charge is 0.483 e. The Morgan fingerprint density at radius 3 is 2.25 bits per heavy atom. The third-order valence-electron chi connectivity index (χ3n) is 4.62. The van der Waals surface area contributed by atoms with E-state index < -0.39 is 41.7 Å². The van der Waals surface area contributed by atoms with E-state index >= 15 is 0 Å². The molecule has 0 unspecified atom stereocenters. The lowest BCUT2D eigenvalue weighted by atomic mass is 10.0. The molecular formula is C22H16ClF5O3S. The van der Waals surface area contributed by atoms with Crippen molar-refractivity contribution in [1.29, 1.82) is 0 Å². The molecule has 32 heavy (non-hydrogen) atoms. The molecule has 3 nitrogen and oxygen atoms in total. The van der Waals surface area contributed by atoms with Gasteiger partial charge in [0.25, 0.3) is 0 Å². The normalized spacial score (nSPS) is 11.6. The highest BCUT2D eigenvalue weighted by atomic mass is 35.5. The first-order chi connectivity index (χ1) is 15.0.